The van der Waals surface area contributed by atoms with Crippen LogP contribution in [0, 0.1) is 0 Å². The van der Waals surface area contributed by atoms with Crippen molar-refractivity contribution in [3.8, 4) is 0 Å². The van der Waals surface area contributed by atoms with E-state index in [1.807, 2.05) is 48.5 Å². The van der Waals surface area contributed by atoms with Crippen LogP contribution in [0.4, 0.5) is 0 Å². The number of carbonyl (C=O) groups is 1. The molecule has 1 aliphatic heterocycles. The van der Waals surface area contributed by atoms with Crippen molar-refractivity contribution in [1.82, 2.24) is 15.3 Å². The minimum absolute atomic E-state index is 0.0236. The Hall–Kier alpha value is -2.31. The number of rotatable bonds is 7. The summed E-state index contributed by atoms with van der Waals surface area (Å²) < 4.78 is 5.58. The van der Waals surface area contributed by atoms with E-state index in [4.69, 9.17) is 4.74 Å². The Bertz CT molecular complexity index is 868. The summed E-state index contributed by atoms with van der Waals surface area (Å²) in [6, 6.07) is 15.8. The van der Waals surface area contributed by atoms with Crippen molar-refractivity contribution in [2.24, 2.45) is 0 Å². The minimum Gasteiger partial charge on any atom is -0.378 e. The molecule has 0 aliphatic carbocycles. The van der Waals surface area contributed by atoms with E-state index in [1.54, 1.807) is 11.8 Å². The topological polar surface area (TPSA) is 67.0 Å². The van der Waals surface area contributed by atoms with Crippen molar-refractivity contribution in [2.45, 2.75) is 36.3 Å². The summed E-state index contributed by atoms with van der Waals surface area (Å²) in [5.41, 5.74) is 3.89. The van der Waals surface area contributed by atoms with Crippen molar-refractivity contribution in [3.05, 3.63) is 59.7 Å². The highest BCUT2D eigenvalue weighted by Crippen LogP contribution is 2.23. The van der Waals surface area contributed by atoms with Gasteiger partial charge in [0.1, 0.15) is 0 Å². The highest BCUT2D eigenvalue weighted by atomic mass is 32.2. The summed E-state index contributed by atoms with van der Waals surface area (Å²) in [7, 11) is 0. The predicted octanol–water partition coefficient (Wildman–Crippen LogP) is 4.15. The number of hydrogen-bond donors (Lipinski definition) is 2. The largest absolute Gasteiger partial charge is 0.378 e. The van der Waals surface area contributed by atoms with Gasteiger partial charge in [-0.05, 0) is 49.1 Å². The molecule has 0 radical (unpaired) electrons. The van der Waals surface area contributed by atoms with Crippen molar-refractivity contribution >= 4 is 28.7 Å². The van der Waals surface area contributed by atoms with Gasteiger partial charge in [0, 0.05) is 24.5 Å². The summed E-state index contributed by atoms with van der Waals surface area (Å²) in [6.07, 6.45) is 3.43. The van der Waals surface area contributed by atoms with E-state index in [0.29, 0.717) is 18.2 Å². The normalized spacial score (nSPS) is 16.7. The number of aromatic amines is 1. The van der Waals surface area contributed by atoms with Gasteiger partial charge in [-0.2, -0.15) is 0 Å². The van der Waals surface area contributed by atoms with Crippen LogP contribution < -0.4 is 5.32 Å². The number of aromatic nitrogens is 2. The number of nitrogens with zero attached hydrogens (tertiary/aromatic N) is 1. The first-order valence-corrected chi connectivity index (χ1v) is 10.3. The van der Waals surface area contributed by atoms with Crippen LogP contribution in [0.15, 0.2) is 53.7 Å². The molecule has 3 aromatic rings. The second kappa shape index (κ2) is 8.59. The average Bonchev–Trinajstić information content (AvgIpc) is 3.36. The van der Waals surface area contributed by atoms with E-state index in [-0.39, 0.29) is 5.91 Å². The average molecular weight is 382 g/mol. The number of hydrogen-bond acceptors (Lipinski definition) is 4. The second-order valence-corrected chi connectivity index (χ2v) is 7.69. The molecule has 0 saturated carbocycles. The Balaban J connectivity index is 1.27. The molecule has 2 N–H and O–H groups in total. The number of carbonyl (C=O) groups excluding carboxylic acids is 1. The molecule has 2 aromatic carbocycles. The standard InChI is InChI=1S/C21H23N3O2S/c25-20(22-12-11-17-4-3-13-26-17)16-9-7-15(8-10-16)14-27-21-23-18-5-1-2-6-19(18)24-21/h1-2,5-10,17H,3-4,11-14H2,(H,22,25)(H,23,24). The third kappa shape index (κ3) is 4.70. The van der Waals surface area contributed by atoms with Gasteiger partial charge in [-0.1, -0.05) is 36.0 Å². The van der Waals surface area contributed by atoms with Gasteiger partial charge in [0.2, 0.25) is 0 Å². The quantitative estimate of drug-likeness (QED) is 0.603. The van der Waals surface area contributed by atoms with Crippen LogP contribution in [0.1, 0.15) is 35.2 Å². The zero-order valence-electron chi connectivity index (χ0n) is 15.1. The summed E-state index contributed by atoms with van der Waals surface area (Å²) in [5.74, 6) is 0.783. The molecule has 0 spiro atoms. The highest BCUT2D eigenvalue weighted by molar-refractivity contribution is 7.98. The van der Waals surface area contributed by atoms with Crippen LogP contribution in [0.5, 0.6) is 0 Å². The molecule has 1 fully saturated rings. The Morgan fingerprint density at radius 1 is 1.22 bits per heavy atom. The minimum atomic E-state index is -0.0236. The Morgan fingerprint density at radius 2 is 2.07 bits per heavy atom. The maximum Gasteiger partial charge on any atom is 0.251 e. The maximum absolute atomic E-state index is 12.2. The molecule has 1 aromatic heterocycles. The number of H-pyrrole nitrogens is 1. The van der Waals surface area contributed by atoms with Crippen LogP contribution >= 0.6 is 11.8 Å². The van der Waals surface area contributed by atoms with Gasteiger partial charge in [0.15, 0.2) is 5.16 Å². The molecular formula is C21H23N3O2S. The first-order valence-electron chi connectivity index (χ1n) is 9.34. The molecule has 1 amide bonds. The fourth-order valence-corrected chi connectivity index (χ4v) is 4.06. The Labute approximate surface area is 162 Å². The third-order valence-corrected chi connectivity index (χ3v) is 5.68. The fraction of sp³-hybridized carbons (Fsp3) is 0.333. The van der Waals surface area contributed by atoms with E-state index in [1.165, 1.54) is 0 Å². The lowest BCUT2D eigenvalue weighted by atomic mass is 10.1. The lowest BCUT2D eigenvalue weighted by Gasteiger charge is -2.10. The fourth-order valence-electron chi connectivity index (χ4n) is 3.22. The summed E-state index contributed by atoms with van der Waals surface area (Å²) in [4.78, 5) is 20.1. The molecule has 5 nitrogen and oxygen atoms in total. The SMILES string of the molecule is O=C(NCCC1CCCO1)c1ccc(CSc2nc3ccccc3[nH]2)cc1. The lowest BCUT2D eigenvalue weighted by Crippen LogP contribution is -2.27. The molecule has 1 saturated heterocycles. The van der Waals surface area contributed by atoms with Gasteiger partial charge in [-0.15, -0.1) is 0 Å². The van der Waals surface area contributed by atoms with E-state index in [9.17, 15) is 4.79 Å². The summed E-state index contributed by atoms with van der Waals surface area (Å²) in [5, 5.41) is 3.89. The number of nitrogens with one attached hydrogen (secondary N) is 2. The van der Waals surface area contributed by atoms with Crippen molar-refractivity contribution in [2.75, 3.05) is 13.2 Å². The van der Waals surface area contributed by atoms with E-state index in [0.717, 1.165) is 53.4 Å². The van der Waals surface area contributed by atoms with Crippen LogP contribution in [0.25, 0.3) is 11.0 Å². The van der Waals surface area contributed by atoms with Crippen LogP contribution in [-0.4, -0.2) is 35.1 Å². The molecular weight excluding hydrogens is 358 g/mol. The predicted molar refractivity (Wildman–Crippen MR) is 108 cm³/mol. The molecule has 4 rings (SSSR count). The van der Waals surface area contributed by atoms with E-state index >= 15 is 0 Å². The number of amides is 1. The molecule has 6 heteroatoms. The molecule has 0 bridgehead atoms. The van der Waals surface area contributed by atoms with Crippen molar-refractivity contribution in [3.63, 3.8) is 0 Å². The summed E-state index contributed by atoms with van der Waals surface area (Å²) >= 11 is 1.66. The molecule has 1 atom stereocenters. The number of fused-ring (bicyclic) bond motifs is 1. The number of benzene rings is 2. The highest BCUT2D eigenvalue weighted by Gasteiger charge is 2.15. The van der Waals surface area contributed by atoms with Crippen LogP contribution in [-0.2, 0) is 10.5 Å². The van der Waals surface area contributed by atoms with Gasteiger partial charge >= 0.3 is 0 Å². The smallest absolute Gasteiger partial charge is 0.251 e. The number of para-hydroxylation sites is 2. The monoisotopic (exact) mass is 381 g/mol. The molecule has 1 unspecified atom stereocenters. The van der Waals surface area contributed by atoms with Crippen molar-refractivity contribution < 1.29 is 9.53 Å². The number of ether oxygens (including phenoxy) is 1. The zero-order valence-corrected chi connectivity index (χ0v) is 15.9. The molecule has 2 heterocycles. The Kier molecular flexibility index (Phi) is 5.75. The number of thioether (sulfide) groups is 1. The number of imidazole rings is 1. The van der Waals surface area contributed by atoms with E-state index < -0.39 is 0 Å². The lowest BCUT2D eigenvalue weighted by molar-refractivity contribution is 0.0907. The first-order chi connectivity index (χ1) is 13.3. The molecule has 27 heavy (non-hydrogen) atoms. The van der Waals surface area contributed by atoms with Gasteiger partial charge in [-0.3, -0.25) is 4.79 Å². The van der Waals surface area contributed by atoms with Crippen LogP contribution in [0.2, 0.25) is 0 Å². The Morgan fingerprint density at radius 3 is 2.85 bits per heavy atom. The van der Waals surface area contributed by atoms with Crippen molar-refractivity contribution in [1.29, 1.82) is 0 Å². The van der Waals surface area contributed by atoms with Crippen LogP contribution in [0.3, 0.4) is 0 Å². The van der Waals surface area contributed by atoms with Gasteiger partial charge in [-0.25, -0.2) is 4.98 Å². The molecule has 1 aliphatic rings. The first kappa shape index (κ1) is 18.1. The van der Waals surface area contributed by atoms with Gasteiger partial charge in [0.25, 0.3) is 5.91 Å². The second-order valence-electron chi connectivity index (χ2n) is 6.72. The summed E-state index contributed by atoms with van der Waals surface area (Å²) in [6.45, 7) is 1.51. The van der Waals surface area contributed by atoms with E-state index in [2.05, 4.69) is 15.3 Å². The zero-order chi connectivity index (χ0) is 18.5. The molecule has 140 valence electrons. The van der Waals surface area contributed by atoms with Gasteiger partial charge in [0.05, 0.1) is 17.1 Å². The maximum atomic E-state index is 12.2. The third-order valence-electron chi connectivity index (χ3n) is 4.74. The van der Waals surface area contributed by atoms with Gasteiger partial charge < -0.3 is 15.0 Å².